The molecule has 0 unspecified atom stereocenters. The smallest absolute Gasteiger partial charge is 0.235 e. The molecule has 1 aromatic carbocycles. The number of hydrogen-bond donors (Lipinski definition) is 1. The predicted molar refractivity (Wildman–Crippen MR) is 76.3 cm³/mol. The Morgan fingerprint density at radius 2 is 2.25 bits per heavy atom. The molecule has 1 fully saturated rings. The number of aliphatic hydroxyl groups is 1. The maximum absolute atomic E-state index is 12.0. The highest BCUT2D eigenvalue weighted by atomic mass is 32.2. The third-order valence-electron chi connectivity index (χ3n) is 3.94. The molecule has 1 atom stereocenters. The van der Waals surface area contributed by atoms with Crippen molar-refractivity contribution in [3.63, 3.8) is 0 Å². The highest BCUT2D eigenvalue weighted by molar-refractivity contribution is 7.93. The molecule has 110 valence electrons. The van der Waals surface area contributed by atoms with Gasteiger partial charge in [-0.3, -0.25) is 4.31 Å². The van der Waals surface area contributed by atoms with Crippen LogP contribution in [0.4, 0.5) is 5.69 Å². The Balaban J connectivity index is 1.93. The minimum Gasteiger partial charge on any atom is -0.396 e. The van der Waals surface area contributed by atoms with Crippen molar-refractivity contribution < 1.29 is 18.3 Å². The zero-order chi connectivity index (χ0) is 14.2. The molecule has 2 aliphatic rings. The number of ether oxygens (including phenoxy) is 1. The van der Waals surface area contributed by atoms with Gasteiger partial charge in [0.15, 0.2) is 0 Å². The Morgan fingerprint density at radius 1 is 1.40 bits per heavy atom. The molecule has 0 amide bonds. The van der Waals surface area contributed by atoms with Gasteiger partial charge in [0, 0.05) is 19.6 Å². The van der Waals surface area contributed by atoms with Gasteiger partial charge in [-0.15, -0.1) is 0 Å². The van der Waals surface area contributed by atoms with Crippen LogP contribution in [-0.4, -0.2) is 39.0 Å². The first-order chi connectivity index (χ1) is 9.62. The number of nitrogens with zero attached hydrogens (tertiary/aromatic N) is 1. The molecule has 20 heavy (non-hydrogen) atoms. The summed E-state index contributed by atoms with van der Waals surface area (Å²) >= 11 is 0. The van der Waals surface area contributed by atoms with Gasteiger partial charge in [0.25, 0.3) is 0 Å². The van der Waals surface area contributed by atoms with E-state index in [1.807, 2.05) is 18.2 Å². The standard InChI is InChI=1S/C14H19NO4S/c16-7-4-14-13-3-2-12(10-11(13)5-8-19-14)15-6-1-9-20(15,17)18/h2-3,10,14,16H,1,4-9H2/t14-/m0/s1. The Hall–Kier alpha value is -1.11. The molecule has 3 rings (SSSR count). The molecule has 2 aliphatic heterocycles. The largest absolute Gasteiger partial charge is 0.396 e. The monoisotopic (exact) mass is 297 g/mol. The van der Waals surface area contributed by atoms with Gasteiger partial charge < -0.3 is 9.84 Å². The Kier molecular flexibility index (Phi) is 3.70. The Morgan fingerprint density at radius 3 is 2.95 bits per heavy atom. The van der Waals surface area contributed by atoms with Gasteiger partial charge in [-0.1, -0.05) is 6.07 Å². The van der Waals surface area contributed by atoms with Crippen molar-refractivity contribution in [3.8, 4) is 0 Å². The van der Waals surface area contributed by atoms with Crippen LogP contribution in [0.1, 0.15) is 30.1 Å². The summed E-state index contributed by atoms with van der Waals surface area (Å²) in [6.07, 6.45) is 1.98. The van der Waals surface area contributed by atoms with Crippen LogP contribution < -0.4 is 4.31 Å². The fraction of sp³-hybridized carbons (Fsp3) is 0.571. The predicted octanol–water partition coefficient (Wildman–Crippen LogP) is 1.22. The minimum absolute atomic E-state index is 0.0759. The summed E-state index contributed by atoms with van der Waals surface area (Å²) in [5.74, 6) is 0.236. The van der Waals surface area contributed by atoms with E-state index in [2.05, 4.69) is 0 Å². The lowest BCUT2D eigenvalue weighted by molar-refractivity contribution is 0.0254. The van der Waals surface area contributed by atoms with Crippen molar-refractivity contribution in [1.29, 1.82) is 0 Å². The average molecular weight is 297 g/mol. The fourth-order valence-electron chi connectivity index (χ4n) is 2.96. The van der Waals surface area contributed by atoms with E-state index in [0.29, 0.717) is 26.0 Å². The van der Waals surface area contributed by atoms with E-state index in [4.69, 9.17) is 9.84 Å². The number of benzene rings is 1. The Bertz CT molecular complexity index is 599. The number of fused-ring (bicyclic) bond motifs is 1. The Labute approximate surface area is 119 Å². The van der Waals surface area contributed by atoms with E-state index in [1.54, 1.807) is 0 Å². The van der Waals surface area contributed by atoms with Crippen molar-refractivity contribution >= 4 is 15.7 Å². The third-order valence-corrected chi connectivity index (χ3v) is 5.81. The molecule has 6 heteroatoms. The first-order valence-corrected chi connectivity index (χ1v) is 8.58. The zero-order valence-corrected chi connectivity index (χ0v) is 12.1. The van der Waals surface area contributed by atoms with Gasteiger partial charge in [-0.2, -0.15) is 0 Å². The summed E-state index contributed by atoms with van der Waals surface area (Å²) in [4.78, 5) is 0. The van der Waals surface area contributed by atoms with Crippen LogP contribution in [0.25, 0.3) is 0 Å². The summed E-state index contributed by atoms with van der Waals surface area (Å²) in [6, 6.07) is 5.75. The molecule has 1 N–H and O–H groups in total. The lowest BCUT2D eigenvalue weighted by Gasteiger charge is -2.27. The second-order valence-electron chi connectivity index (χ2n) is 5.25. The molecule has 0 aliphatic carbocycles. The number of anilines is 1. The van der Waals surface area contributed by atoms with E-state index in [-0.39, 0.29) is 18.5 Å². The van der Waals surface area contributed by atoms with Crippen molar-refractivity contribution in [2.75, 3.05) is 29.8 Å². The highest BCUT2D eigenvalue weighted by Crippen LogP contribution is 2.33. The van der Waals surface area contributed by atoms with E-state index in [1.165, 1.54) is 4.31 Å². The summed E-state index contributed by atoms with van der Waals surface area (Å²) in [5, 5.41) is 9.07. The number of aliphatic hydroxyl groups excluding tert-OH is 1. The van der Waals surface area contributed by atoms with Crippen LogP contribution in [0.15, 0.2) is 18.2 Å². The van der Waals surface area contributed by atoms with Gasteiger partial charge in [-0.25, -0.2) is 8.42 Å². The first-order valence-electron chi connectivity index (χ1n) is 6.97. The lowest BCUT2D eigenvalue weighted by atomic mass is 9.95. The van der Waals surface area contributed by atoms with Crippen molar-refractivity contribution in [2.24, 2.45) is 0 Å². The molecule has 0 aromatic heterocycles. The van der Waals surface area contributed by atoms with E-state index in [9.17, 15) is 8.42 Å². The first kappa shape index (κ1) is 13.9. The van der Waals surface area contributed by atoms with Crippen LogP contribution in [0.3, 0.4) is 0 Å². The number of hydrogen-bond acceptors (Lipinski definition) is 4. The summed E-state index contributed by atoms with van der Waals surface area (Å²) < 4.78 is 31.1. The highest BCUT2D eigenvalue weighted by Gasteiger charge is 2.29. The van der Waals surface area contributed by atoms with Gasteiger partial charge >= 0.3 is 0 Å². The molecular weight excluding hydrogens is 278 g/mol. The van der Waals surface area contributed by atoms with E-state index in [0.717, 1.165) is 23.2 Å². The van der Waals surface area contributed by atoms with E-state index >= 15 is 0 Å². The number of sulfonamides is 1. The van der Waals surface area contributed by atoms with Gasteiger partial charge in [-0.05, 0) is 36.1 Å². The SMILES string of the molecule is O=S1(=O)CCCN1c1ccc2c(c1)CCO[C@H]2CCO. The second kappa shape index (κ2) is 5.35. The van der Waals surface area contributed by atoms with Crippen molar-refractivity contribution in [2.45, 2.75) is 25.4 Å². The maximum Gasteiger partial charge on any atom is 0.235 e. The number of rotatable bonds is 3. The normalized spacial score (nSPS) is 24.6. The molecular formula is C14H19NO4S. The minimum atomic E-state index is -3.13. The van der Waals surface area contributed by atoms with E-state index < -0.39 is 10.0 Å². The van der Waals surface area contributed by atoms with Crippen molar-refractivity contribution in [1.82, 2.24) is 0 Å². The molecule has 0 spiro atoms. The third kappa shape index (κ3) is 2.43. The summed E-state index contributed by atoms with van der Waals surface area (Å²) in [5.41, 5.74) is 2.96. The second-order valence-corrected chi connectivity index (χ2v) is 7.26. The van der Waals surface area contributed by atoms with Crippen LogP contribution in [0, 0.1) is 0 Å². The molecule has 0 bridgehead atoms. The van der Waals surface area contributed by atoms with Gasteiger partial charge in [0.1, 0.15) is 0 Å². The van der Waals surface area contributed by atoms with Gasteiger partial charge in [0.2, 0.25) is 10.0 Å². The zero-order valence-electron chi connectivity index (χ0n) is 11.3. The van der Waals surface area contributed by atoms with Crippen LogP contribution in [0.5, 0.6) is 0 Å². The quantitative estimate of drug-likeness (QED) is 0.911. The maximum atomic E-state index is 12.0. The van der Waals surface area contributed by atoms with Crippen LogP contribution in [-0.2, 0) is 21.2 Å². The summed E-state index contributed by atoms with van der Waals surface area (Å²) in [6.45, 7) is 1.28. The van der Waals surface area contributed by atoms with Gasteiger partial charge in [0.05, 0.1) is 24.2 Å². The molecule has 2 heterocycles. The summed E-state index contributed by atoms with van der Waals surface area (Å²) in [7, 11) is -3.13. The molecule has 5 nitrogen and oxygen atoms in total. The average Bonchev–Trinajstić information content (AvgIpc) is 2.78. The van der Waals surface area contributed by atoms with Crippen molar-refractivity contribution in [3.05, 3.63) is 29.3 Å². The lowest BCUT2D eigenvalue weighted by Crippen LogP contribution is -2.26. The molecule has 0 saturated carbocycles. The van der Waals surface area contributed by atoms with Crippen LogP contribution in [0.2, 0.25) is 0 Å². The topological polar surface area (TPSA) is 66.8 Å². The fourth-order valence-corrected chi connectivity index (χ4v) is 4.52. The van der Waals surface area contributed by atoms with Crippen LogP contribution >= 0.6 is 0 Å². The molecule has 1 saturated heterocycles. The molecule has 0 radical (unpaired) electrons. The molecule has 1 aromatic rings.